The Labute approximate surface area is 154 Å². The highest BCUT2D eigenvalue weighted by Gasteiger charge is 2.31. The first-order chi connectivity index (χ1) is 12.5. The fourth-order valence-corrected chi connectivity index (χ4v) is 4.30. The largest absolute Gasteiger partial charge is 0.329 e. The van der Waals surface area contributed by atoms with Crippen molar-refractivity contribution in [2.24, 2.45) is 0 Å². The van der Waals surface area contributed by atoms with Gasteiger partial charge >= 0.3 is 0 Å². The highest BCUT2D eigenvalue weighted by molar-refractivity contribution is 7.11. The van der Waals surface area contributed by atoms with Crippen LogP contribution in [0, 0.1) is 20.8 Å². The predicted octanol–water partition coefficient (Wildman–Crippen LogP) is 2.77. The van der Waals surface area contributed by atoms with E-state index in [-0.39, 0.29) is 17.5 Å². The molecule has 4 rings (SSSR count). The minimum atomic E-state index is -0.0919. The quantitative estimate of drug-likeness (QED) is 0.751. The molecule has 0 unspecified atom stereocenters. The monoisotopic (exact) mass is 371 g/mol. The molecule has 1 saturated heterocycles. The van der Waals surface area contributed by atoms with Crippen molar-refractivity contribution in [1.82, 2.24) is 24.5 Å². The number of rotatable bonds is 2. The standard InChI is InChI=1S/C18H21N5O2S/c1-10-11(2)20-15-8-13(21-23(15)17(10)24)14-6-4-5-7-22(14)18(25)16-12(3)19-9-26-16/h8-9,14,21H,4-7H2,1-3H3/t14-/m1/s1. The number of hydrogen-bond acceptors (Lipinski definition) is 5. The molecule has 26 heavy (non-hydrogen) atoms. The smallest absolute Gasteiger partial charge is 0.275 e. The first-order valence-electron chi connectivity index (χ1n) is 8.77. The molecule has 7 nitrogen and oxygen atoms in total. The van der Waals surface area contributed by atoms with Crippen molar-refractivity contribution in [1.29, 1.82) is 0 Å². The topological polar surface area (TPSA) is 83.4 Å². The number of nitrogens with one attached hydrogen (secondary N) is 1. The maximum absolute atomic E-state index is 13.1. The van der Waals surface area contributed by atoms with Crippen LogP contribution in [0.2, 0.25) is 0 Å². The normalized spacial score (nSPS) is 17.8. The molecule has 1 aliphatic rings. The van der Waals surface area contributed by atoms with Crippen LogP contribution < -0.4 is 5.56 Å². The lowest BCUT2D eigenvalue weighted by Gasteiger charge is -2.34. The molecule has 8 heteroatoms. The van der Waals surface area contributed by atoms with Crippen molar-refractivity contribution < 1.29 is 4.79 Å². The average molecular weight is 371 g/mol. The lowest BCUT2D eigenvalue weighted by Crippen LogP contribution is -2.38. The van der Waals surface area contributed by atoms with Crippen LogP contribution in [0.3, 0.4) is 0 Å². The Bertz CT molecular complexity index is 1050. The second-order valence-corrected chi connectivity index (χ2v) is 7.66. The average Bonchev–Trinajstić information content (AvgIpc) is 3.25. The van der Waals surface area contributed by atoms with Crippen molar-refractivity contribution >= 4 is 22.9 Å². The second-order valence-electron chi connectivity index (χ2n) is 6.81. The van der Waals surface area contributed by atoms with Gasteiger partial charge in [0, 0.05) is 23.9 Å². The third kappa shape index (κ3) is 2.65. The number of aromatic nitrogens is 4. The van der Waals surface area contributed by atoms with E-state index in [2.05, 4.69) is 15.1 Å². The highest BCUT2D eigenvalue weighted by Crippen LogP contribution is 2.32. The molecule has 1 amide bonds. The number of likely N-dealkylation sites (tertiary alicyclic amines) is 1. The van der Waals surface area contributed by atoms with Crippen LogP contribution in [-0.4, -0.2) is 36.9 Å². The molecule has 0 aliphatic carbocycles. The Morgan fingerprint density at radius 1 is 1.27 bits per heavy atom. The third-order valence-electron chi connectivity index (χ3n) is 5.17. The van der Waals surface area contributed by atoms with Crippen molar-refractivity contribution in [2.75, 3.05) is 6.54 Å². The molecule has 1 aliphatic heterocycles. The first kappa shape index (κ1) is 17.0. The third-order valence-corrected chi connectivity index (χ3v) is 6.08. The van der Waals surface area contributed by atoms with Crippen molar-refractivity contribution in [2.45, 2.75) is 46.1 Å². The Morgan fingerprint density at radius 2 is 2.08 bits per heavy atom. The number of aryl methyl sites for hydroxylation is 2. The summed E-state index contributed by atoms with van der Waals surface area (Å²) in [5.41, 5.74) is 5.20. The Morgan fingerprint density at radius 3 is 2.81 bits per heavy atom. The van der Waals surface area contributed by atoms with E-state index >= 15 is 0 Å². The van der Waals surface area contributed by atoms with Crippen molar-refractivity contribution in [3.05, 3.63) is 49.5 Å². The van der Waals surface area contributed by atoms with Crippen LogP contribution in [0.1, 0.15) is 57.6 Å². The zero-order valence-electron chi connectivity index (χ0n) is 15.1. The number of fused-ring (bicyclic) bond motifs is 1. The van der Waals surface area contributed by atoms with Gasteiger partial charge in [-0.05, 0) is 40.0 Å². The molecule has 4 heterocycles. The van der Waals surface area contributed by atoms with E-state index in [9.17, 15) is 9.59 Å². The van der Waals surface area contributed by atoms with Gasteiger partial charge in [-0.3, -0.25) is 14.7 Å². The molecule has 0 spiro atoms. The lowest BCUT2D eigenvalue weighted by atomic mass is 9.99. The van der Waals surface area contributed by atoms with Crippen LogP contribution in [0.25, 0.3) is 5.65 Å². The zero-order chi connectivity index (χ0) is 18.4. The molecule has 136 valence electrons. The minimum Gasteiger partial charge on any atom is -0.329 e. The van der Waals surface area contributed by atoms with Gasteiger partial charge in [-0.1, -0.05) is 0 Å². The Balaban J connectivity index is 1.76. The van der Waals surface area contributed by atoms with Crippen molar-refractivity contribution in [3.63, 3.8) is 0 Å². The van der Waals surface area contributed by atoms with Gasteiger partial charge in [0.2, 0.25) is 0 Å². The number of hydrogen-bond donors (Lipinski definition) is 1. The van der Waals surface area contributed by atoms with Crippen LogP contribution in [0.5, 0.6) is 0 Å². The van der Waals surface area contributed by atoms with Gasteiger partial charge in [0.25, 0.3) is 11.5 Å². The van der Waals surface area contributed by atoms with Gasteiger partial charge < -0.3 is 4.90 Å². The number of H-pyrrole nitrogens is 1. The van der Waals surface area contributed by atoms with E-state index in [1.54, 1.807) is 12.4 Å². The summed E-state index contributed by atoms with van der Waals surface area (Å²) >= 11 is 1.38. The number of amides is 1. The van der Waals surface area contributed by atoms with E-state index in [0.29, 0.717) is 22.6 Å². The fraction of sp³-hybridized carbons (Fsp3) is 0.444. The number of carbonyl (C=O) groups is 1. The highest BCUT2D eigenvalue weighted by atomic mass is 32.1. The van der Waals surface area contributed by atoms with E-state index < -0.39 is 0 Å². The molecule has 0 saturated carbocycles. The lowest BCUT2D eigenvalue weighted by molar-refractivity contribution is 0.0610. The Hall–Kier alpha value is -2.48. The van der Waals surface area contributed by atoms with Crippen LogP contribution in [-0.2, 0) is 0 Å². The maximum atomic E-state index is 13.1. The molecular formula is C18H21N5O2S. The predicted molar refractivity (Wildman–Crippen MR) is 99.8 cm³/mol. The summed E-state index contributed by atoms with van der Waals surface area (Å²) in [4.78, 5) is 36.9. The van der Waals surface area contributed by atoms with Crippen molar-refractivity contribution in [3.8, 4) is 0 Å². The van der Waals surface area contributed by atoms with E-state index in [1.807, 2.05) is 24.8 Å². The molecular weight excluding hydrogens is 350 g/mol. The first-order valence-corrected chi connectivity index (χ1v) is 9.65. The number of thiazole rings is 1. The second kappa shape index (κ2) is 6.35. The molecule has 0 bridgehead atoms. The van der Waals surface area contributed by atoms with Gasteiger partial charge in [0.15, 0.2) is 5.65 Å². The molecule has 1 N–H and O–H groups in total. The van der Waals surface area contributed by atoms with E-state index in [0.717, 1.165) is 36.3 Å². The summed E-state index contributed by atoms with van der Waals surface area (Å²) in [6.07, 6.45) is 2.89. The summed E-state index contributed by atoms with van der Waals surface area (Å²) in [7, 11) is 0. The molecule has 1 atom stereocenters. The summed E-state index contributed by atoms with van der Waals surface area (Å²) in [5, 5.41) is 3.18. The SMILES string of the molecule is Cc1ncsc1C(=O)N1CCCC[C@@H]1c1cc2nc(C)c(C)c(=O)n2[nH]1. The van der Waals surface area contributed by atoms with Crippen LogP contribution in [0.15, 0.2) is 16.4 Å². The summed E-state index contributed by atoms with van der Waals surface area (Å²) in [6.45, 7) is 6.18. The number of nitrogens with zero attached hydrogens (tertiary/aromatic N) is 4. The molecule has 0 radical (unpaired) electrons. The fourth-order valence-electron chi connectivity index (χ4n) is 3.54. The number of piperidine rings is 1. The molecule has 3 aromatic rings. The molecule has 1 fully saturated rings. The summed E-state index contributed by atoms with van der Waals surface area (Å²) in [5.74, 6) is 0.0148. The summed E-state index contributed by atoms with van der Waals surface area (Å²) < 4.78 is 1.48. The minimum absolute atomic E-state index is 0.0148. The maximum Gasteiger partial charge on any atom is 0.275 e. The van der Waals surface area contributed by atoms with E-state index in [4.69, 9.17) is 0 Å². The molecule has 3 aromatic heterocycles. The van der Waals surface area contributed by atoms with E-state index in [1.165, 1.54) is 15.9 Å². The van der Waals surface area contributed by atoms with Crippen LogP contribution >= 0.6 is 11.3 Å². The number of aromatic amines is 1. The van der Waals surface area contributed by atoms with Gasteiger partial charge in [0.05, 0.1) is 22.9 Å². The summed E-state index contributed by atoms with van der Waals surface area (Å²) in [6, 6.07) is 1.81. The van der Waals surface area contributed by atoms with Crippen LogP contribution in [0.4, 0.5) is 0 Å². The van der Waals surface area contributed by atoms with Gasteiger partial charge in [-0.2, -0.15) is 0 Å². The zero-order valence-corrected chi connectivity index (χ0v) is 15.9. The molecule has 0 aromatic carbocycles. The number of carbonyl (C=O) groups excluding carboxylic acids is 1. The Kier molecular flexibility index (Phi) is 4.14. The van der Waals surface area contributed by atoms with Gasteiger partial charge in [0.1, 0.15) is 4.88 Å². The van der Waals surface area contributed by atoms with Gasteiger partial charge in [-0.25, -0.2) is 14.5 Å². The van der Waals surface area contributed by atoms with Gasteiger partial charge in [-0.15, -0.1) is 11.3 Å².